The molecule has 2 amide bonds. The van der Waals surface area contributed by atoms with E-state index in [1.54, 1.807) is 0 Å². The van der Waals surface area contributed by atoms with Crippen LogP contribution in [0.2, 0.25) is 0 Å². The zero-order chi connectivity index (χ0) is 28.1. The Morgan fingerprint density at radius 1 is 0.700 bits per heavy atom. The van der Waals surface area contributed by atoms with E-state index >= 15 is 0 Å². The molecule has 0 saturated heterocycles. The molecule has 0 fully saturated rings. The summed E-state index contributed by atoms with van der Waals surface area (Å²) < 4.78 is 6.28. The average Bonchev–Trinajstić information content (AvgIpc) is 3.51. The van der Waals surface area contributed by atoms with Gasteiger partial charge in [0, 0.05) is 5.92 Å². The predicted octanol–water partition coefficient (Wildman–Crippen LogP) is 6.81. The van der Waals surface area contributed by atoms with E-state index in [1.165, 1.54) is 10.0 Å². The SMILES string of the molecule is CCCCOc1ccccc1C(C1C(=O)N(c2ccccc2)N=C1CC)C1C(=O)N(c2ccccc2)N=C1CC. The molecule has 206 valence electrons. The molecule has 0 N–H and O–H groups in total. The third-order valence-electron chi connectivity index (χ3n) is 7.60. The largest absolute Gasteiger partial charge is 0.493 e. The predicted molar refractivity (Wildman–Crippen MR) is 160 cm³/mol. The van der Waals surface area contributed by atoms with Crippen LogP contribution in [0.4, 0.5) is 11.4 Å². The maximum absolute atomic E-state index is 14.3. The Balaban J connectivity index is 1.63. The number of carbonyl (C=O) groups is 2. The Kier molecular flexibility index (Phi) is 8.39. The van der Waals surface area contributed by atoms with Gasteiger partial charge in [0.2, 0.25) is 0 Å². The van der Waals surface area contributed by atoms with E-state index in [-0.39, 0.29) is 11.8 Å². The van der Waals surface area contributed by atoms with Crippen LogP contribution in [0.3, 0.4) is 0 Å². The van der Waals surface area contributed by atoms with Crippen LogP contribution >= 0.6 is 0 Å². The number of rotatable bonds is 11. The summed E-state index contributed by atoms with van der Waals surface area (Å²) in [6.45, 7) is 6.70. The molecule has 2 aliphatic rings. The van der Waals surface area contributed by atoms with Gasteiger partial charge >= 0.3 is 0 Å². The zero-order valence-electron chi connectivity index (χ0n) is 23.4. The van der Waals surface area contributed by atoms with Crippen LogP contribution in [-0.4, -0.2) is 29.8 Å². The normalized spacial score (nSPS) is 19.6. The molecule has 0 aromatic heterocycles. The van der Waals surface area contributed by atoms with Gasteiger partial charge in [-0.3, -0.25) is 9.59 Å². The van der Waals surface area contributed by atoms with Crippen LogP contribution in [0.15, 0.2) is 95.1 Å². The summed E-state index contributed by atoms with van der Waals surface area (Å²) in [4.78, 5) is 28.6. The van der Waals surface area contributed by atoms with Crippen molar-refractivity contribution in [1.82, 2.24) is 0 Å². The Hall–Kier alpha value is -4.26. The molecular weight excluding hydrogens is 500 g/mol. The van der Waals surface area contributed by atoms with Crippen molar-refractivity contribution in [3.63, 3.8) is 0 Å². The Morgan fingerprint density at radius 2 is 1.18 bits per heavy atom. The number of unbranched alkanes of at least 4 members (excludes halogenated alkanes) is 1. The topological polar surface area (TPSA) is 74.6 Å². The van der Waals surface area contributed by atoms with Gasteiger partial charge in [-0.1, -0.05) is 81.8 Å². The number of hydrogen-bond acceptors (Lipinski definition) is 5. The highest BCUT2D eigenvalue weighted by atomic mass is 16.5. The first-order valence-electron chi connectivity index (χ1n) is 14.2. The van der Waals surface area contributed by atoms with Gasteiger partial charge in [0.15, 0.2) is 0 Å². The molecule has 7 heteroatoms. The van der Waals surface area contributed by atoms with Crippen molar-refractivity contribution in [2.75, 3.05) is 16.6 Å². The third-order valence-corrected chi connectivity index (χ3v) is 7.60. The summed E-state index contributed by atoms with van der Waals surface area (Å²) in [6.07, 6.45) is 3.08. The first-order valence-corrected chi connectivity index (χ1v) is 14.2. The molecule has 7 nitrogen and oxygen atoms in total. The van der Waals surface area contributed by atoms with E-state index in [1.807, 2.05) is 98.8 Å². The van der Waals surface area contributed by atoms with Crippen LogP contribution in [0.5, 0.6) is 5.75 Å². The van der Waals surface area contributed by atoms with E-state index in [2.05, 4.69) is 6.92 Å². The molecule has 0 radical (unpaired) electrons. The van der Waals surface area contributed by atoms with Crippen molar-refractivity contribution in [2.24, 2.45) is 22.0 Å². The Bertz CT molecular complexity index is 1320. The number of carbonyl (C=O) groups excluding carboxylic acids is 2. The minimum Gasteiger partial charge on any atom is -0.493 e. The molecule has 0 aliphatic carbocycles. The lowest BCUT2D eigenvalue weighted by Gasteiger charge is -2.30. The Labute approximate surface area is 236 Å². The second-order valence-corrected chi connectivity index (χ2v) is 10.1. The van der Waals surface area contributed by atoms with Crippen molar-refractivity contribution in [2.45, 2.75) is 52.4 Å². The molecule has 0 spiro atoms. The van der Waals surface area contributed by atoms with Crippen LogP contribution in [0, 0.1) is 11.8 Å². The minimum atomic E-state index is -0.637. The fourth-order valence-electron chi connectivity index (χ4n) is 5.61. The summed E-state index contributed by atoms with van der Waals surface area (Å²) >= 11 is 0. The van der Waals surface area contributed by atoms with Gasteiger partial charge in [-0.05, 0) is 55.2 Å². The first kappa shape index (κ1) is 27.3. The monoisotopic (exact) mass is 536 g/mol. The fraction of sp³-hybridized carbons (Fsp3) is 0.333. The number of anilines is 2. The lowest BCUT2D eigenvalue weighted by atomic mass is 9.71. The molecule has 3 aromatic carbocycles. The van der Waals surface area contributed by atoms with E-state index in [0.29, 0.717) is 36.6 Å². The van der Waals surface area contributed by atoms with Crippen LogP contribution in [0.25, 0.3) is 0 Å². The lowest BCUT2D eigenvalue weighted by molar-refractivity contribution is -0.122. The number of hydrazone groups is 2. The molecule has 2 unspecified atom stereocenters. The summed E-state index contributed by atoms with van der Waals surface area (Å²) in [5, 5.41) is 12.6. The third kappa shape index (κ3) is 5.16. The Morgan fingerprint density at radius 3 is 1.65 bits per heavy atom. The van der Waals surface area contributed by atoms with E-state index in [9.17, 15) is 9.59 Å². The molecule has 2 aliphatic heterocycles. The zero-order valence-corrected chi connectivity index (χ0v) is 23.4. The van der Waals surface area contributed by atoms with Crippen molar-refractivity contribution in [3.05, 3.63) is 90.5 Å². The minimum absolute atomic E-state index is 0.141. The smallest absolute Gasteiger partial charge is 0.256 e. The van der Waals surface area contributed by atoms with Gasteiger partial charge < -0.3 is 4.74 Å². The van der Waals surface area contributed by atoms with Gasteiger partial charge in [-0.15, -0.1) is 0 Å². The van der Waals surface area contributed by atoms with Gasteiger partial charge in [-0.25, -0.2) is 10.0 Å². The van der Waals surface area contributed by atoms with Gasteiger partial charge in [-0.2, -0.15) is 10.2 Å². The number of benzene rings is 3. The molecule has 0 saturated carbocycles. The van der Waals surface area contributed by atoms with Gasteiger partial charge in [0.1, 0.15) is 5.75 Å². The highest BCUT2D eigenvalue weighted by Gasteiger charge is 2.51. The van der Waals surface area contributed by atoms with Crippen molar-refractivity contribution in [3.8, 4) is 5.75 Å². The van der Waals surface area contributed by atoms with E-state index in [4.69, 9.17) is 14.9 Å². The highest BCUT2D eigenvalue weighted by Crippen LogP contribution is 2.46. The van der Waals surface area contributed by atoms with Gasteiger partial charge in [0.05, 0.1) is 41.2 Å². The van der Waals surface area contributed by atoms with E-state index in [0.717, 1.165) is 29.8 Å². The summed E-state index contributed by atoms with van der Waals surface area (Å²) in [7, 11) is 0. The molecule has 40 heavy (non-hydrogen) atoms. The average molecular weight is 537 g/mol. The van der Waals surface area contributed by atoms with Crippen molar-refractivity contribution >= 4 is 34.6 Å². The van der Waals surface area contributed by atoms with E-state index < -0.39 is 17.8 Å². The standard InChI is InChI=1S/C33H36N4O3/c1-4-7-22-40-28-21-15-14-20-25(28)29(30-26(5-2)34-36(32(30)38)23-16-10-8-11-17-23)31-27(6-3)35-37(33(31)39)24-18-12-9-13-19-24/h8-21,29-31H,4-7,22H2,1-3H3. The molecule has 5 rings (SSSR count). The number of nitrogens with zero attached hydrogens (tertiary/aromatic N) is 4. The van der Waals surface area contributed by atoms with Gasteiger partial charge in [0.25, 0.3) is 11.8 Å². The number of hydrogen-bond donors (Lipinski definition) is 0. The maximum Gasteiger partial charge on any atom is 0.256 e. The number of ether oxygens (including phenoxy) is 1. The van der Waals surface area contributed by atoms with Crippen molar-refractivity contribution in [1.29, 1.82) is 0 Å². The fourth-order valence-corrected chi connectivity index (χ4v) is 5.61. The quantitative estimate of drug-likeness (QED) is 0.253. The second kappa shape index (κ2) is 12.3. The maximum atomic E-state index is 14.3. The molecule has 2 heterocycles. The number of amides is 2. The molecule has 3 aromatic rings. The second-order valence-electron chi connectivity index (χ2n) is 10.1. The van der Waals surface area contributed by atoms with Crippen molar-refractivity contribution < 1.29 is 14.3 Å². The molecule has 0 bridgehead atoms. The van der Waals surface area contributed by atoms with Crippen LogP contribution in [-0.2, 0) is 9.59 Å². The molecule has 2 atom stereocenters. The summed E-state index contributed by atoms with van der Waals surface area (Å²) in [5.74, 6) is -1.39. The highest BCUT2D eigenvalue weighted by molar-refractivity contribution is 6.20. The molecular formula is C33H36N4O3. The number of para-hydroxylation sites is 3. The lowest BCUT2D eigenvalue weighted by Crippen LogP contribution is -2.41. The summed E-state index contributed by atoms with van der Waals surface area (Å²) in [5.41, 5.74) is 3.76. The van der Waals surface area contributed by atoms with Crippen LogP contribution < -0.4 is 14.8 Å². The first-order chi connectivity index (χ1) is 19.6. The van der Waals surface area contributed by atoms with Crippen LogP contribution in [0.1, 0.15) is 57.9 Å². The summed E-state index contributed by atoms with van der Waals surface area (Å²) in [6, 6.07) is 26.7.